The van der Waals surface area contributed by atoms with E-state index in [4.69, 9.17) is 4.74 Å². The first-order chi connectivity index (χ1) is 10.2. The molecule has 2 aliphatic rings. The van der Waals surface area contributed by atoms with Gasteiger partial charge in [0, 0.05) is 19.6 Å². The molecule has 122 valence electrons. The Labute approximate surface area is 129 Å². The minimum Gasteiger partial charge on any atom is -0.378 e. The van der Waals surface area contributed by atoms with Gasteiger partial charge in [-0.1, -0.05) is 6.92 Å². The summed E-state index contributed by atoms with van der Waals surface area (Å²) in [5, 5.41) is 3.42. The number of piperidine rings is 1. The maximum atomic E-state index is 12.7. The van der Waals surface area contributed by atoms with Gasteiger partial charge >= 0.3 is 0 Å². The van der Waals surface area contributed by atoms with Crippen LogP contribution in [0.3, 0.4) is 0 Å². The number of carbonyl (C=O) groups is 1. The molecule has 2 aliphatic heterocycles. The molecule has 0 aliphatic carbocycles. The molecule has 0 bridgehead atoms. The van der Waals surface area contributed by atoms with E-state index in [1.807, 2.05) is 4.90 Å². The summed E-state index contributed by atoms with van der Waals surface area (Å²) < 4.78 is 5.34. The van der Waals surface area contributed by atoms with Gasteiger partial charge in [0.05, 0.1) is 19.3 Å². The van der Waals surface area contributed by atoms with Gasteiger partial charge in [-0.25, -0.2) is 0 Å². The van der Waals surface area contributed by atoms with Crippen LogP contribution in [0, 0.1) is 5.92 Å². The van der Waals surface area contributed by atoms with Crippen molar-refractivity contribution in [2.75, 3.05) is 52.5 Å². The maximum Gasteiger partial charge on any atom is 0.239 e. The van der Waals surface area contributed by atoms with Crippen LogP contribution in [0.25, 0.3) is 0 Å². The van der Waals surface area contributed by atoms with Gasteiger partial charge in [0.25, 0.3) is 0 Å². The highest BCUT2D eigenvalue weighted by Crippen LogP contribution is 2.16. The summed E-state index contributed by atoms with van der Waals surface area (Å²) in [5.74, 6) is 1.01. The fourth-order valence-corrected chi connectivity index (χ4v) is 3.33. The number of hydrogen-bond donors (Lipinski definition) is 1. The Kier molecular flexibility index (Phi) is 6.93. The number of ether oxygens (including phenoxy) is 1. The molecule has 0 spiro atoms. The van der Waals surface area contributed by atoms with E-state index in [0.717, 1.165) is 51.6 Å². The van der Waals surface area contributed by atoms with Crippen molar-refractivity contribution in [3.05, 3.63) is 0 Å². The monoisotopic (exact) mass is 297 g/mol. The maximum absolute atomic E-state index is 12.7. The lowest BCUT2D eigenvalue weighted by molar-refractivity contribution is -0.140. The van der Waals surface area contributed by atoms with Crippen molar-refractivity contribution in [2.45, 2.75) is 39.2 Å². The van der Waals surface area contributed by atoms with Gasteiger partial charge in [-0.05, 0) is 51.7 Å². The van der Waals surface area contributed by atoms with Gasteiger partial charge in [0.1, 0.15) is 0 Å². The summed E-state index contributed by atoms with van der Waals surface area (Å²) in [6, 6.07) is -0.00191. The van der Waals surface area contributed by atoms with Crippen molar-refractivity contribution in [3.63, 3.8) is 0 Å². The number of rotatable bonds is 6. The molecule has 2 rings (SSSR count). The van der Waals surface area contributed by atoms with Gasteiger partial charge < -0.3 is 15.0 Å². The molecule has 1 atom stereocenters. The van der Waals surface area contributed by atoms with E-state index in [9.17, 15) is 4.79 Å². The standard InChI is InChI=1S/C16H31N3O2/c1-3-8-19(13-15-4-6-17-7-5-15)14(2)16(20)18-9-11-21-12-10-18/h14-15,17H,3-13H2,1-2H3. The Bertz CT molecular complexity index is 313. The van der Waals surface area contributed by atoms with Crippen LogP contribution in [0.2, 0.25) is 0 Å². The number of nitrogens with zero attached hydrogens (tertiary/aromatic N) is 2. The largest absolute Gasteiger partial charge is 0.378 e. The second-order valence-corrected chi connectivity index (χ2v) is 6.30. The molecule has 2 heterocycles. The third kappa shape index (κ3) is 4.94. The number of hydrogen-bond acceptors (Lipinski definition) is 4. The van der Waals surface area contributed by atoms with E-state index in [1.54, 1.807) is 0 Å². The minimum atomic E-state index is -0.00191. The highest BCUT2D eigenvalue weighted by Gasteiger charge is 2.28. The van der Waals surface area contributed by atoms with Crippen LogP contribution in [0.1, 0.15) is 33.1 Å². The Morgan fingerprint density at radius 3 is 2.62 bits per heavy atom. The molecule has 5 heteroatoms. The zero-order valence-corrected chi connectivity index (χ0v) is 13.6. The van der Waals surface area contributed by atoms with E-state index in [-0.39, 0.29) is 11.9 Å². The van der Waals surface area contributed by atoms with Crippen LogP contribution in [-0.2, 0) is 9.53 Å². The Morgan fingerprint density at radius 1 is 1.33 bits per heavy atom. The molecular formula is C16H31N3O2. The number of nitrogens with one attached hydrogen (secondary N) is 1. The molecule has 0 radical (unpaired) electrons. The fraction of sp³-hybridized carbons (Fsp3) is 0.938. The zero-order chi connectivity index (χ0) is 15.1. The van der Waals surface area contributed by atoms with Gasteiger partial charge in [-0.2, -0.15) is 0 Å². The third-order valence-corrected chi connectivity index (χ3v) is 4.69. The molecule has 5 nitrogen and oxygen atoms in total. The zero-order valence-electron chi connectivity index (χ0n) is 13.6. The molecule has 1 unspecified atom stereocenters. The highest BCUT2D eigenvalue weighted by atomic mass is 16.5. The summed E-state index contributed by atoms with van der Waals surface area (Å²) in [4.78, 5) is 17.0. The predicted octanol–water partition coefficient (Wildman–Crippen LogP) is 0.945. The average Bonchev–Trinajstić information content (AvgIpc) is 2.55. The summed E-state index contributed by atoms with van der Waals surface area (Å²) in [7, 11) is 0. The Morgan fingerprint density at radius 2 is 2.00 bits per heavy atom. The lowest BCUT2D eigenvalue weighted by Crippen LogP contribution is -2.52. The van der Waals surface area contributed by atoms with Crippen LogP contribution in [0.5, 0.6) is 0 Å². The Hall–Kier alpha value is -0.650. The lowest BCUT2D eigenvalue weighted by atomic mass is 9.96. The Balaban J connectivity index is 1.89. The molecule has 2 fully saturated rings. The van der Waals surface area contributed by atoms with Crippen molar-refractivity contribution in [2.24, 2.45) is 5.92 Å². The number of morpholine rings is 1. The summed E-state index contributed by atoms with van der Waals surface area (Å²) in [6.07, 6.45) is 3.57. The molecule has 1 amide bonds. The van der Waals surface area contributed by atoms with Gasteiger partial charge in [-0.15, -0.1) is 0 Å². The second-order valence-electron chi connectivity index (χ2n) is 6.30. The van der Waals surface area contributed by atoms with Crippen molar-refractivity contribution in [1.82, 2.24) is 15.1 Å². The minimum absolute atomic E-state index is 0.00191. The number of amides is 1. The van der Waals surface area contributed by atoms with Crippen LogP contribution in [-0.4, -0.2) is 74.2 Å². The molecule has 21 heavy (non-hydrogen) atoms. The molecule has 0 aromatic heterocycles. The van der Waals surface area contributed by atoms with Gasteiger partial charge in [-0.3, -0.25) is 9.69 Å². The van der Waals surface area contributed by atoms with E-state index in [1.165, 1.54) is 12.8 Å². The topological polar surface area (TPSA) is 44.8 Å². The van der Waals surface area contributed by atoms with Crippen LogP contribution in [0.15, 0.2) is 0 Å². The van der Waals surface area contributed by atoms with Crippen LogP contribution in [0.4, 0.5) is 0 Å². The van der Waals surface area contributed by atoms with Crippen LogP contribution >= 0.6 is 0 Å². The molecule has 2 saturated heterocycles. The fourth-order valence-electron chi connectivity index (χ4n) is 3.33. The first-order valence-corrected chi connectivity index (χ1v) is 8.53. The van der Waals surface area contributed by atoms with Crippen molar-refractivity contribution >= 4 is 5.91 Å². The first kappa shape index (κ1) is 16.7. The molecule has 0 aromatic rings. The van der Waals surface area contributed by atoms with E-state index in [0.29, 0.717) is 13.2 Å². The van der Waals surface area contributed by atoms with Crippen molar-refractivity contribution in [1.29, 1.82) is 0 Å². The average molecular weight is 297 g/mol. The highest BCUT2D eigenvalue weighted by molar-refractivity contribution is 5.81. The number of carbonyl (C=O) groups excluding carboxylic acids is 1. The quantitative estimate of drug-likeness (QED) is 0.793. The normalized spacial score (nSPS) is 22.5. The molecule has 0 aromatic carbocycles. The molecule has 0 saturated carbocycles. The summed E-state index contributed by atoms with van der Waals surface area (Å²) in [6.45, 7) is 11.4. The molecular weight excluding hydrogens is 266 g/mol. The molecule has 1 N–H and O–H groups in total. The van der Waals surface area contributed by atoms with Crippen LogP contribution < -0.4 is 5.32 Å². The van der Waals surface area contributed by atoms with E-state index >= 15 is 0 Å². The van der Waals surface area contributed by atoms with Gasteiger partial charge in [0.2, 0.25) is 5.91 Å². The SMILES string of the molecule is CCCN(CC1CCNCC1)C(C)C(=O)N1CCOCC1. The second kappa shape index (κ2) is 8.71. The van der Waals surface area contributed by atoms with Crippen molar-refractivity contribution < 1.29 is 9.53 Å². The van der Waals surface area contributed by atoms with Crippen molar-refractivity contribution in [3.8, 4) is 0 Å². The van der Waals surface area contributed by atoms with E-state index in [2.05, 4.69) is 24.1 Å². The summed E-state index contributed by atoms with van der Waals surface area (Å²) >= 11 is 0. The predicted molar refractivity (Wildman–Crippen MR) is 84.3 cm³/mol. The van der Waals surface area contributed by atoms with E-state index < -0.39 is 0 Å². The summed E-state index contributed by atoms with van der Waals surface area (Å²) in [5.41, 5.74) is 0. The lowest BCUT2D eigenvalue weighted by Gasteiger charge is -2.36. The third-order valence-electron chi connectivity index (χ3n) is 4.69. The van der Waals surface area contributed by atoms with Gasteiger partial charge in [0.15, 0.2) is 0 Å². The smallest absolute Gasteiger partial charge is 0.239 e. The first-order valence-electron chi connectivity index (χ1n) is 8.53.